The van der Waals surface area contributed by atoms with E-state index in [1.54, 1.807) is 22.7 Å². The van der Waals surface area contributed by atoms with Gasteiger partial charge in [-0.15, -0.1) is 11.3 Å². The second-order valence-corrected chi connectivity index (χ2v) is 6.54. The molecule has 4 nitrogen and oxygen atoms in total. The Morgan fingerprint density at radius 3 is 3.15 bits per heavy atom. The van der Waals surface area contributed by atoms with Gasteiger partial charge >= 0.3 is 0 Å². The third kappa shape index (κ3) is 2.30. The molecule has 3 aromatic rings. The Balaban J connectivity index is 1.48. The molecule has 0 fully saturated rings. The van der Waals surface area contributed by atoms with Gasteiger partial charge in [0.05, 0.1) is 12.2 Å². The Labute approximate surface area is 125 Å². The molecule has 0 radical (unpaired) electrons. The lowest BCUT2D eigenvalue weighted by Crippen LogP contribution is -2.33. The van der Waals surface area contributed by atoms with Crippen molar-refractivity contribution in [3.63, 3.8) is 0 Å². The molecule has 0 amide bonds. The number of nitrogens with zero attached hydrogens (tertiary/aromatic N) is 4. The van der Waals surface area contributed by atoms with Gasteiger partial charge in [0.2, 0.25) is 0 Å². The fourth-order valence-corrected chi connectivity index (χ4v) is 4.01. The van der Waals surface area contributed by atoms with Gasteiger partial charge < -0.3 is 4.57 Å². The van der Waals surface area contributed by atoms with Crippen molar-refractivity contribution in [3.05, 3.63) is 46.1 Å². The molecule has 20 heavy (non-hydrogen) atoms. The first-order chi connectivity index (χ1) is 9.88. The van der Waals surface area contributed by atoms with Gasteiger partial charge in [-0.3, -0.25) is 4.90 Å². The molecule has 0 bridgehead atoms. The van der Waals surface area contributed by atoms with Crippen LogP contribution in [0.4, 0.5) is 0 Å². The van der Waals surface area contributed by atoms with Crippen molar-refractivity contribution >= 4 is 22.7 Å². The number of thiophene rings is 1. The number of hydrogen-bond donors (Lipinski definition) is 0. The summed E-state index contributed by atoms with van der Waals surface area (Å²) in [4.78, 5) is 11.6. The van der Waals surface area contributed by atoms with Crippen LogP contribution in [0.15, 0.2) is 34.6 Å². The molecule has 3 aromatic heterocycles. The van der Waals surface area contributed by atoms with Gasteiger partial charge in [0.15, 0.2) is 0 Å². The Kier molecular flexibility index (Phi) is 3.14. The van der Waals surface area contributed by atoms with Crippen LogP contribution in [0.1, 0.15) is 11.5 Å². The van der Waals surface area contributed by atoms with Crippen LogP contribution in [0.2, 0.25) is 0 Å². The van der Waals surface area contributed by atoms with E-state index in [0.29, 0.717) is 0 Å². The van der Waals surface area contributed by atoms with Gasteiger partial charge in [-0.1, -0.05) is 0 Å². The molecule has 0 aromatic carbocycles. The highest BCUT2D eigenvalue weighted by molar-refractivity contribution is 7.14. The van der Waals surface area contributed by atoms with Gasteiger partial charge in [0, 0.05) is 48.4 Å². The summed E-state index contributed by atoms with van der Waals surface area (Å²) in [6.45, 7) is 3.91. The lowest BCUT2D eigenvalue weighted by Gasteiger charge is -2.26. The molecule has 0 aliphatic carbocycles. The van der Waals surface area contributed by atoms with Crippen molar-refractivity contribution in [3.8, 4) is 10.6 Å². The van der Waals surface area contributed by atoms with Crippen molar-refractivity contribution < 1.29 is 0 Å². The highest BCUT2D eigenvalue weighted by Crippen LogP contribution is 2.26. The van der Waals surface area contributed by atoms with E-state index >= 15 is 0 Å². The van der Waals surface area contributed by atoms with Crippen LogP contribution >= 0.6 is 22.7 Å². The molecular formula is C14H14N4S2. The molecule has 6 heteroatoms. The second-order valence-electron chi connectivity index (χ2n) is 4.90. The van der Waals surface area contributed by atoms with Gasteiger partial charge in [-0.2, -0.15) is 11.3 Å². The van der Waals surface area contributed by atoms with Crippen molar-refractivity contribution in [2.24, 2.45) is 0 Å². The van der Waals surface area contributed by atoms with Gasteiger partial charge in [-0.25, -0.2) is 9.97 Å². The van der Waals surface area contributed by atoms with E-state index in [2.05, 4.69) is 42.9 Å². The van der Waals surface area contributed by atoms with E-state index in [-0.39, 0.29) is 0 Å². The summed E-state index contributed by atoms with van der Waals surface area (Å²) in [7, 11) is 0. The predicted molar refractivity (Wildman–Crippen MR) is 81.8 cm³/mol. The summed E-state index contributed by atoms with van der Waals surface area (Å²) < 4.78 is 2.23. The van der Waals surface area contributed by atoms with E-state index in [4.69, 9.17) is 4.98 Å². The molecule has 0 N–H and O–H groups in total. The van der Waals surface area contributed by atoms with Gasteiger partial charge in [0.1, 0.15) is 10.8 Å². The van der Waals surface area contributed by atoms with Crippen LogP contribution in [0.5, 0.6) is 0 Å². The molecule has 102 valence electrons. The Bertz CT molecular complexity index is 698. The van der Waals surface area contributed by atoms with Crippen LogP contribution in [0.25, 0.3) is 10.6 Å². The summed E-state index contributed by atoms with van der Waals surface area (Å²) in [5.74, 6) is 1.16. The van der Waals surface area contributed by atoms with E-state index in [1.165, 1.54) is 5.56 Å². The van der Waals surface area contributed by atoms with Crippen LogP contribution in [0.3, 0.4) is 0 Å². The van der Waals surface area contributed by atoms with Gasteiger partial charge in [0.25, 0.3) is 0 Å². The minimum atomic E-state index is 0.910. The first-order valence-electron chi connectivity index (χ1n) is 6.58. The minimum absolute atomic E-state index is 0.910. The van der Waals surface area contributed by atoms with E-state index in [0.717, 1.165) is 42.7 Å². The SMILES string of the molecule is c1cn2c(n1)CN(Cc1csc(-c3ccsc3)n1)CC2. The zero-order valence-electron chi connectivity index (χ0n) is 10.9. The lowest BCUT2D eigenvalue weighted by molar-refractivity contribution is 0.207. The van der Waals surface area contributed by atoms with Crippen molar-refractivity contribution in [2.75, 3.05) is 6.54 Å². The summed E-state index contributed by atoms with van der Waals surface area (Å²) in [5.41, 5.74) is 2.40. The normalized spacial score (nSPS) is 15.4. The predicted octanol–water partition coefficient (Wildman–Crippen LogP) is 3.08. The summed E-state index contributed by atoms with van der Waals surface area (Å²) in [5, 5.41) is 7.55. The Morgan fingerprint density at radius 2 is 2.25 bits per heavy atom. The summed E-state index contributed by atoms with van der Waals surface area (Å²) >= 11 is 3.45. The highest BCUT2D eigenvalue weighted by atomic mass is 32.1. The number of aromatic nitrogens is 3. The van der Waals surface area contributed by atoms with Crippen LogP contribution in [-0.4, -0.2) is 26.0 Å². The van der Waals surface area contributed by atoms with Crippen LogP contribution in [0, 0.1) is 0 Å². The number of fused-ring (bicyclic) bond motifs is 1. The number of rotatable bonds is 3. The van der Waals surface area contributed by atoms with Crippen molar-refractivity contribution in [1.29, 1.82) is 0 Å². The molecule has 0 saturated carbocycles. The summed E-state index contributed by atoms with van der Waals surface area (Å²) in [6.07, 6.45) is 3.94. The zero-order chi connectivity index (χ0) is 13.4. The molecule has 1 aliphatic rings. The fourth-order valence-electron chi connectivity index (χ4n) is 2.49. The van der Waals surface area contributed by atoms with E-state index in [1.807, 2.05) is 6.20 Å². The number of imidazole rings is 1. The Hall–Kier alpha value is -1.50. The van der Waals surface area contributed by atoms with E-state index < -0.39 is 0 Å². The highest BCUT2D eigenvalue weighted by Gasteiger charge is 2.17. The maximum atomic E-state index is 4.75. The molecule has 0 unspecified atom stereocenters. The topological polar surface area (TPSA) is 34.0 Å². The number of hydrogen-bond acceptors (Lipinski definition) is 5. The quantitative estimate of drug-likeness (QED) is 0.745. The molecule has 4 rings (SSSR count). The van der Waals surface area contributed by atoms with Gasteiger partial charge in [-0.05, 0) is 11.4 Å². The standard InChI is InChI=1S/C14H14N4S2/c1-6-19-9-11(1)14-16-12(10-20-14)7-17-4-5-18-3-2-15-13(18)8-17/h1-3,6,9-10H,4-5,7-8H2. The largest absolute Gasteiger partial charge is 0.333 e. The maximum Gasteiger partial charge on any atom is 0.124 e. The smallest absolute Gasteiger partial charge is 0.124 e. The fraction of sp³-hybridized carbons (Fsp3) is 0.286. The zero-order valence-corrected chi connectivity index (χ0v) is 12.5. The third-order valence-corrected chi connectivity index (χ3v) is 5.15. The molecule has 0 spiro atoms. The average Bonchev–Trinajstić information content (AvgIpc) is 3.19. The first kappa shape index (κ1) is 12.3. The lowest BCUT2D eigenvalue weighted by atomic mass is 10.3. The third-order valence-electron chi connectivity index (χ3n) is 3.53. The molecular weight excluding hydrogens is 288 g/mol. The minimum Gasteiger partial charge on any atom is -0.333 e. The Morgan fingerprint density at radius 1 is 1.25 bits per heavy atom. The second kappa shape index (κ2) is 5.12. The van der Waals surface area contributed by atoms with Crippen LogP contribution in [-0.2, 0) is 19.6 Å². The van der Waals surface area contributed by atoms with Crippen molar-refractivity contribution in [2.45, 2.75) is 19.6 Å². The monoisotopic (exact) mass is 302 g/mol. The van der Waals surface area contributed by atoms with Crippen LogP contribution < -0.4 is 0 Å². The molecule has 0 saturated heterocycles. The first-order valence-corrected chi connectivity index (χ1v) is 8.40. The average molecular weight is 302 g/mol. The number of thiazole rings is 1. The van der Waals surface area contributed by atoms with E-state index in [9.17, 15) is 0 Å². The molecule has 4 heterocycles. The molecule has 1 aliphatic heterocycles. The maximum absolute atomic E-state index is 4.75. The van der Waals surface area contributed by atoms with Crippen molar-refractivity contribution in [1.82, 2.24) is 19.4 Å². The molecule has 0 atom stereocenters. The summed E-state index contributed by atoms with van der Waals surface area (Å²) in [6, 6.07) is 2.13.